The fraction of sp³-hybridized carbons (Fsp3) is 0.294. The molecule has 0 aromatic heterocycles. The Balaban J connectivity index is 1.07. The van der Waals surface area contributed by atoms with Gasteiger partial charge in [0.1, 0.15) is 0 Å². The van der Waals surface area contributed by atoms with Crippen LogP contribution in [0.5, 0.6) is 0 Å². The van der Waals surface area contributed by atoms with E-state index in [0.29, 0.717) is 0 Å². The van der Waals surface area contributed by atoms with Crippen LogP contribution in [0.4, 0.5) is 11.4 Å². The zero-order valence-corrected chi connectivity index (χ0v) is 21.5. The summed E-state index contributed by atoms with van der Waals surface area (Å²) < 4.78 is 0. The molecule has 0 fully saturated rings. The van der Waals surface area contributed by atoms with Crippen LogP contribution in [-0.4, -0.2) is 0 Å². The van der Waals surface area contributed by atoms with Gasteiger partial charge in [0.25, 0.3) is 0 Å². The molecule has 0 saturated heterocycles. The Labute approximate surface area is 217 Å². The molecule has 0 aliphatic heterocycles. The van der Waals surface area contributed by atoms with Crippen molar-refractivity contribution in [2.45, 2.75) is 64.2 Å². The second-order valence-electron chi connectivity index (χ2n) is 10.0. The normalized spacial score (nSPS) is 11.0. The van der Waals surface area contributed by atoms with E-state index in [1.807, 2.05) is 24.3 Å². The van der Waals surface area contributed by atoms with E-state index in [0.717, 1.165) is 37.1 Å². The van der Waals surface area contributed by atoms with E-state index in [9.17, 15) is 0 Å². The van der Waals surface area contributed by atoms with Crippen LogP contribution >= 0.6 is 0 Å². The van der Waals surface area contributed by atoms with E-state index in [1.165, 1.54) is 71.9 Å². The van der Waals surface area contributed by atoms with Gasteiger partial charge in [-0.25, -0.2) is 0 Å². The predicted octanol–water partition coefficient (Wildman–Crippen LogP) is 7.77. The smallest absolute Gasteiger partial charge is 0.0314 e. The minimum atomic E-state index is 0.832. The molecule has 0 spiro atoms. The summed E-state index contributed by atoms with van der Waals surface area (Å²) in [5.74, 6) is 0. The molecular formula is C34H40N2. The summed E-state index contributed by atoms with van der Waals surface area (Å²) in [7, 11) is 0. The molecule has 4 aromatic rings. The van der Waals surface area contributed by atoms with Crippen LogP contribution in [0.25, 0.3) is 0 Å². The maximum Gasteiger partial charge on any atom is 0.0314 e. The van der Waals surface area contributed by atoms with E-state index < -0.39 is 0 Å². The molecule has 4 rings (SSSR count). The van der Waals surface area contributed by atoms with E-state index in [-0.39, 0.29) is 0 Å². The summed E-state index contributed by atoms with van der Waals surface area (Å²) in [5.41, 5.74) is 21.6. The quantitative estimate of drug-likeness (QED) is 0.153. The lowest BCUT2D eigenvalue weighted by Gasteiger charge is -2.07. The second kappa shape index (κ2) is 13.5. The Morgan fingerprint density at radius 1 is 0.278 bits per heavy atom. The van der Waals surface area contributed by atoms with Crippen LogP contribution in [0.3, 0.4) is 0 Å². The van der Waals surface area contributed by atoms with Crippen LogP contribution in [0.2, 0.25) is 0 Å². The van der Waals surface area contributed by atoms with Crippen LogP contribution in [-0.2, 0) is 38.5 Å². The molecule has 0 atom stereocenters. The molecule has 2 heteroatoms. The molecule has 186 valence electrons. The lowest BCUT2D eigenvalue weighted by molar-refractivity contribution is 0.640. The van der Waals surface area contributed by atoms with Gasteiger partial charge in [0.15, 0.2) is 0 Å². The molecule has 0 aliphatic rings. The Hall–Kier alpha value is -3.52. The highest BCUT2D eigenvalue weighted by atomic mass is 14.5. The number of unbranched alkanes of at least 4 members (excludes halogenated alkanes) is 3. The van der Waals surface area contributed by atoms with Crippen molar-refractivity contribution < 1.29 is 0 Å². The first-order chi connectivity index (χ1) is 17.6. The minimum Gasteiger partial charge on any atom is -0.399 e. The number of hydrogen-bond donors (Lipinski definition) is 2. The molecule has 2 nitrogen and oxygen atoms in total. The summed E-state index contributed by atoms with van der Waals surface area (Å²) in [6.07, 6.45) is 11.8. The zero-order valence-electron chi connectivity index (χ0n) is 21.5. The van der Waals surface area contributed by atoms with Gasteiger partial charge >= 0.3 is 0 Å². The average Bonchev–Trinajstić information content (AvgIpc) is 2.91. The topological polar surface area (TPSA) is 52.0 Å². The highest BCUT2D eigenvalue weighted by molar-refractivity contribution is 5.40. The van der Waals surface area contributed by atoms with E-state index in [2.05, 4.69) is 72.8 Å². The summed E-state index contributed by atoms with van der Waals surface area (Å²) in [4.78, 5) is 0. The standard InChI is InChI=1S/C34H40N2/c35-33-23-19-31(20-24-33)17-15-29-11-7-27(8-12-29)5-3-1-2-4-6-28-9-13-30(14-10-28)16-18-32-21-25-34(36)26-22-32/h7-14,19-26H,1-6,15-18,35-36H2. The van der Waals surface area contributed by atoms with Crippen LogP contribution in [0, 0.1) is 0 Å². The lowest BCUT2D eigenvalue weighted by Crippen LogP contribution is -1.94. The highest BCUT2D eigenvalue weighted by Gasteiger charge is 2.01. The van der Waals surface area contributed by atoms with Gasteiger partial charge < -0.3 is 11.5 Å². The van der Waals surface area contributed by atoms with Crippen molar-refractivity contribution in [3.8, 4) is 0 Å². The fourth-order valence-corrected chi connectivity index (χ4v) is 4.70. The molecule has 4 aromatic carbocycles. The van der Waals surface area contributed by atoms with Gasteiger partial charge in [-0.05, 0) is 109 Å². The molecule has 0 saturated carbocycles. The number of benzene rings is 4. The van der Waals surface area contributed by atoms with Gasteiger partial charge in [0.05, 0.1) is 0 Å². The Kier molecular flexibility index (Phi) is 9.61. The third-order valence-corrected chi connectivity index (χ3v) is 7.09. The fourth-order valence-electron chi connectivity index (χ4n) is 4.70. The number of nitrogen functional groups attached to an aromatic ring is 2. The van der Waals surface area contributed by atoms with Crippen molar-refractivity contribution in [3.63, 3.8) is 0 Å². The minimum absolute atomic E-state index is 0.832. The van der Waals surface area contributed by atoms with E-state index in [4.69, 9.17) is 11.5 Å². The van der Waals surface area contributed by atoms with Gasteiger partial charge in [-0.3, -0.25) is 0 Å². The number of anilines is 2. The van der Waals surface area contributed by atoms with Crippen molar-refractivity contribution >= 4 is 11.4 Å². The van der Waals surface area contributed by atoms with Crippen molar-refractivity contribution in [2.24, 2.45) is 0 Å². The average molecular weight is 477 g/mol. The van der Waals surface area contributed by atoms with E-state index in [1.54, 1.807) is 0 Å². The van der Waals surface area contributed by atoms with Crippen molar-refractivity contribution in [3.05, 3.63) is 130 Å². The molecular weight excluding hydrogens is 436 g/mol. The Morgan fingerprint density at radius 2 is 0.500 bits per heavy atom. The second-order valence-corrected chi connectivity index (χ2v) is 10.0. The van der Waals surface area contributed by atoms with Crippen molar-refractivity contribution in [1.29, 1.82) is 0 Å². The van der Waals surface area contributed by atoms with Gasteiger partial charge in [0.2, 0.25) is 0 Å². The summed E-state index contributed by atoms with van der Waals surface area (Å²) >= 11 is 0. The predicted molar refractivity (Wildman–Crippen MR) is 155 cm³/mol. The first-order valence-corrected chi connectivity index (χ1v) is 13.5. The maximum atomic E-state index is 5.77. The summed E-state index contributed by atoms with van der Waals surface area (Å²) in [6.45, 7) is 0. The van der Waals surface area contributed by atoms with Gasteiger partial charge in [-0.2, -0.15) is 0 Å². The van der Waals surface area contributed by atoms with E-state index >= 15 is 0 Å². The summed E-state index contributed by atoms with van der Waals surface area (Å²) in [6, 6.07) is 34.9. The maximum absolute atomic E-state index is 5.77. The van der Waals surface area contributed by atoms with Gasteiger partial charge in [-0.15, -0.1) is 0 Å². The Morgan fingerprint density at radius 3 is 0.778 bits per heavy atom. The zero-order chi connectivity index (χ0) is 25.0. The third kappa shape index (κ3) is 8.61. The molecule has 0 bridgehead atoms. The number of rotatable bonds is 13. The number of hydrogen-bond acceptors (Lipinski definition) is 2. The monoisotopic (exact) mass is 476 g/mol. The first kappa shape index (κ1) is 25.6. The van der Waals surface area contributed by atoms with Gasteiger partial charge in [-0.1, -0.05) is 85.6 Å². The largest absolute Gasteiger partial charge is 0.399 e. The highest BCUT2D eigenvalue weighted by Crippen LogP contribution is 2.15. The molecule has 0 amide bonds. The van der Waals surface area contributed by atoms with Crippen LogP contribution in [0.15, 0.2) is 97.1 Å². The van der Waals surface area contributed by atoms with Crippen molar-refractivity contribution in [1.82, 2.24) is 0 Å². The Bertz CT molecular complexity index is 1060. The molecule has 0 aliphatic carbocycles. The molecule has 0 unspecified atom stereocenters. The van der Waals surface area contributed by atoms with Crippen LogP contribution in [0.1, 0.15) is 59.1 Å². The molecule has 0 radical (unpaired) electrons. The first-order valence-electron chi connectivity index (χ1n) is 13.5. The number of aryl methyl sites for hydroxylation is 6. The molecule has 0 heterocycles. The molecule has 4 N–H and O–H groups in total. The van der Waals surface area contributed by atoms with Crippen LogP contribution < -0.4 is 11.5 Å². The molecule has 36 heavy (non-hydrogen) atoms. The third-order valence-electron chi connectivity index (χ3n) is 7.09. The number of nitrogens with two attached hydrogens (primary N) is 2. The van der Waals surface area contributed by atoms with Crippen molar-refractivity contribution in [2.75, 3.05) is 11.5 Å². The lowest BCUT2D eigenvalue weighted by atomic mass is 9.99. The summed E-state index contributed by atoms with van der Waals surface area (Å²) in [5, 5.41) is 0. The SMILES string of the molecule is Nc1ccc(CCc2ccc(CCCCCCc3ccc(CCc4ccc(N)cc4)cc3)cc2)cc1. The van der Waals surface area contributed by atoms with Gasteiger partial charge in [0, 0.05) is 11.4 Å².